The molecule has 1 saturated heterocycles. The highest BCUT2D eigenvalue weighted by molar-refractivity contribution is 8.26. The smallest absolute Gasteiger partial charge is 0.285 e. The van der Waals surface area contributed by atoms with E-state index in [1.807, 2.05) is 54.6 Å². The molecule has 2 aromatic rings. The summed E-state index contributed by atoms with van der Waals surface area (Å²) >= 11 is 6.40. The third kappa shape index (κ3) is 5.09. The topological polar surface area (TPSA) is 58.6 Å². The Morgan fingerprint density at radius 3 is 2.57 bits per heavy atom. The summed E-state index contributed by atoms with van der Waals surface area (Å²) in [6.07, 6.45) is 3.58. The number of nitrogens with zero attached hydrogens (tertiary/aromatic N) is 1. The maximum absolute atomic E-state index is 12.6. The number of carbonyl (C=O) groups excluding carboxylic acids is 2. The molecule has 1 aliphatic heterocycles. The number of thiocarbonyl (C=S) groups is 1. The highest BCUT2D eigenvalue weighted by Gasteiger charge is 2.33. The second kappa shape index (κ2) is 9.34. The van der Waals surface area contributed by atoms with Gasteiger partial charge in [0.25, 0.3) is 5.91 Å². The Kier molecular flexibility index (Phi) is 6.62. The van der Waals surface area contributed by atoms with Crippen LogP contribution < -0.4 is 10.2 Å². The Morgan fingerprint density at radius 2 is 1.89 bits per heavy atom. The minimum Gasteiger partial charge on any atom is -0.490 e. The second-order valence-corrected chi connectivity index (χ2v) is 7.56. The summed E-state index contributed by atoms with van der Waals surface area (Å²) in [5.74, 6) is 0.0774. The molecule has 1 heterocycles. The number of ether oxygens (including phenoxy) is 1. The van der Waals surface area contributed by atoms with Crippen molar-refractivity contribution in [3.63, 3.8) is 0 Å². The number of hydrazine groups is 1. The zero-order valence-electron chi connectivity index (χ0n) is 15.0. The Bertz CT molecular complexity index is 924. The molecule has 0 bridgehead atoms. The Hall–Kier alpha value is -2.90. The van der Waals surface area contributed by atoms with Gasteiger partial charge in [-0.3, -0.25) is 15.0 Å². The van der Waals surface area contributed by atoms with E-state index in [9.17, 15) is 9.59 Å². The van der Waals surface area contributed by atoms with Crippen molar-refractivity contribution in [3.8, 4) is 5.75 Å². The molecule has 3 rings (SSSR count). The van der Waals surface area contributed by atoms with E-state index in [4.69, 9.17) is 17.0 Å². The summed E-state index contributed by atoms with van der Waals surface area (Å²) in [6.45, 7) is 4.04. The van der Waals surface area contributed by atoms with Crippen molar-refractivity contribution in [1.29, 1.82) is 0 Å². The van der Waals surface area contributed by atoms with E-state index in [-0.39, 0.29) is 18.2 Å². The van der Waals surface area contributed by atoms with E-state index in [1.165, 1.54) is 0 Å². The van der Waals surface area contributed by atoms with Gasteiger partial charge in [-0.05, 0) is 41.6 Å². The summed E-state index contributed by atoms with van der Waals surface area (Å²) in [4.78, 5) is 25.3. The lowest BCUT2D eigenvalue weighted by atomic mass is 10.1. The summed E-state index contributed by atoms with van der Waals surface area (Å²) in [7, 11) is 0. The number of amides is 2. The van der Waals surface area contributed by atoms with Crippen LogP contribution in [-0.4, -0.2) is 27.8 Å². The van der Waals surface area contributed by atoms with Crippen molar-refractivity contribution >= 4 is 46.2 Å². The van der Waals surface area contributed by atoms with Crippen LogP contribution in [0.1, 0.15) is 11.1 Å². The number of hydrogen-bond donors (Lipinski definition) is 1. The molecule has 28 heavy (non-hydrogen) atoms. The molecule has 0 aliphatic carbocycles. The van der Waals surface area contributed by atoms with Gasteiger partial charge < -0.3 is 4.74 Å². The number of benzene rings is 2. The molecule has 1 fully saturated rings. The molecule has 0 saturated carbocycles. The monoisotopic (exact) mass is 410 g/mol. The van der Waals surface area contributed by atoms with Crippen molar-refractivity contribution in [1.82, 2.24) is 10.4 Å². The number of thioether (sulfide) groups is 1. The van der Waals surface area contributed by atoms with Crippen molar-refractivity contribution in [2.45, 2.75) is 6.42 Å². The van der Waals surface area contributed by atoms with E-state index in [0.717, 1.165) is 33.6 Å². The van der Waals surface area contributed by atoms with Crippen molar-refractivity contribution < 1.29 is 14.3 Å². The van der Waals surface area contributed by atoms with E-state index < -0.39 is 0 Å². The molecule has 5 nitrogen and oxygen atoms in total. The molecule has 7 heteroatoms. The molecule has 0 aromatic heterocycles. The molecule has 0 radical (unpaired) electrons. The predicted octanol–water partition coefficient (Wildman–Crippen LogP) is 3.73. The van der Waals surface area contributed by atoms with Gasteiger partial charge in [0.2, 0.25) is 5.91 Å². The summed E-state index contributed by atoms with van der Waals surface area (Å²) in [5.41, 5.74) is 4.28. The first kappa shape index (κ1) is 19.9. The van der Waals surface area contributed by atoms with Gasteiger partial charge in [-0.25, -0.2) is 0 Å². The highest BCUT2D eigenvalue weighted by atomic mass is 32.2. The normalized spacial score (nSPS) is 15.0. The van der Waals surface area contributed by atoms with Gasteiger partial charge in [-0.1, -0.05) is 66.9 Å². The molecule has 2 aromatic carbocycles. The zero-order chi connectivity index (χ0) is 19.9. The Labute approximate surface area is 173 Å². The second-order valence-electron chi connectivity index (χ2n) is 5.88. The van der Waals surface area contributed by atoms with E-state index in [1.54, 1.807) is 12.2 Å². The first-order valence-electron chi connectivity index (χ1n) is 8.52. The van der Waals surface area contributed by atoms with Gasteiger partial charge in [-0.15, -0.1) is 0 Å². The van der Waals surface area contributed by atoms with Crippen molar-refractivity contribution in [3.05, 3.63) is 83.3 Å². The van der Waals surface area contributed by atoms with E-state index in [2.05, 4.69) is 12.0 Å². The summed E-state index contributed by atoms with van der Waals surface area (Å²) in [6, 6.07) is 16.6. The highest BCUT2D eigenvalue weighted by Crippen LogP contribution is 2.31. The molecule has 1 aliphatic rings. The zero-order valence-corrected chi connectivity index (χ0v) is 16.6. The van der Waals surface area contributed by atoms with E-state index in [0.29, 0.717) is 15.8 Å². The average molecular weight is 411 g/mol. The number of hydrogen-bond acceptors (Lipinski definition) is 5. The van der Waals surface area contributed by atoms with Crippen LogP contribution in [0.3, 0.4) is 0 Å². The van der Waals surface area contributed by atoms with Crippen molar-refractivity contribution in [2.75, 3.05) is 6.61 Å². The molecule has 1 N–H and O–H groups in total. The quantitative estimate of drug-likeness (QED) is 0.428. The van der Waals surface area contributed by atoms with Crippen LogP contribution >= 0.6 is 24.0 Å². The number of rotatable bonds is 7. The number of nitrogens with one attached hydrogen (secondary N) is 1. The molecule has 0 spiro atoms. The summed E-state index contributed by atoms with van der Waals surface area (Å²) in [5, 5.41) is 1.12. The van der Waals surface area contributed by atoms with Gasteiger partial charge in [0.1, 0.15) is 12.4 Å². The minimum absolute atomic E-state index is 0.170. The Balaban J connectivity index is 1.64. The van der Waals surface area contributed by atoms with Crippen LogP contribution in [0.2, 0.25) is 0 Å². The Morgan fingerprint density at radius 1 is 1.18 bits per heavy atom. The van der Waals surface area contributed by atoms with Gasteiger partial charge in [-0.2, -0.15) is 5.01 Å². The molecule has 0 unspecified atom stereocenters. The number of carbonyl (C=O) groups is 2. The van der Waals surface area contributed by atoms with Gasteiger partial charge >= 0.3 is 0 Å². The van der Waals surface area contributed by atoms with E-state index >= 15 is 0 Å². The minimum atomic E-state index is -0.344. The van der Waals surface area contributed by atoms with Crippen LogP contribution in [-0.2, 0) is 16.0 Å². The molecule has 142 valence electrons. The molecule has 0 atom stereocenters. The van der Waals surface area contributed by atoms with Gasteiger partial charge in [0, 0.05) is 0 Å². The first-order chi connectivity index (χ1) is 13.6. The maximum atomic E-state index is 12.6. The SMILES string of the molecule is C=CCOc1ccc(C=C2SC(=S)N(NC(=O)Cc3ccccc3)C2=O)cc1. The molecular weight excluding hydrogens is 392 g/mol. The third-order valence-electron chi connectivity index (χ3n) is 3.78. The van der Waals surface area contributed by atoms with Crippen molar-refractivity contribution in [2.24, 2.45) is 0 Å². The standard InChI is InChI=1S/C21H18N2O3S2/c1-2-12-26-17-10-8-16(9-11-17)13-18-20(25)23(21(27)28-18)22-19(24)14-15-6-4-3-5-7-15/h2-11,13H,1,12,14H2,(H,22,24). The first-order valence-corrected chi connectivity index (χ1v) is 9.74. The van der Waals surface area contributed by atoms with Crippen LogP contribution in [0, 0.1) is 0 Å². The van der Waals surface area contributed by atoms with Crippen LogP contribution in [0.4, 0.5) is 0 Å². The maximum Gasteiger partial charge on any atom is 0.285 e. The van der Waals surface area contributed by atoms with Crippen LogP contribution in [0.5, 0.6) is 5.75 Å². The lowest BCUT2D eigenvalue weighted by Crippen LogP contribution is -2.45. The van der Waals surface area contributed by atoms with Gasteiger partial charge in [0.15, 0.2) is 4.32 Å². The lowest BCUT2D eigenvalue weighted by molar-refractivity contribution is -0.132. The average Bonchev–Trinajstić information content (AvgIpc) is 2.95. The summed E-state index contributed by atoms with van der Waals surface area (Å²) < 4.78 is 5.74. The fourth-order valence-corrected chi connectivity index (χ4v) is 3.66. The van der Waals surface area contributed by atoms with Crippen LogP contribution in [0.25, 0.3) is 6.08 Å². The largest absolute Gasteiger partial charge is 0.490 e. The molecular formula is C21H18N2O3S2. The lowest BCUT2D eigenvalue weighted by Gasteiger charge is -2.15. The third-order valence-corrected chi connectivity index (χ3v) is 5.09. The predicted molar refractivity (Wildman–Crippen MR) is 115 cm³/mol. The molecule has 2 amide bonds. The van der Waals surface area contributed by atoms with Gasteiger partial charge in [0.05, 0.1) is 11.3 Å². The van der Waals surface area contributed by atoms with Crippen LogP contribution in [0.15, 0.2) is 72.2 Å². The fourth-order valence-electron chi connectivity index (χ4n) is 2.48. The fraction of sp³-hybridized carbons (Fsp3) is 0.0952.